The molecule has 0 unspecified atom stereocenters. The molecule has 0 radical (unpaired) electrons. The van der Waals surface area contributed by atoms with E-state index in [0.29, 0.717) is 6.54 Å². The molecule has 1 amide bonds. The summed E-state index contributed by atoms with van der Waals surface area (Å²) in [5.41, 5.74) is 3.40. The fourth-order valence-electron chi connectivity index (χ4n) is 2.47. The van der Waals surface area contributed by atoms with Gasteiger partial charge in [0.1, 0.15) is 6.54 Å². The number of carbonyl (C=O) groups excluding carboxylic acids is 1. The van der Waals surface area contributed by atoms with Crippen LogP contribution in [0.15, 0.2) is 53.3 Å². The number of carbonyl (C=O) groups is 1. The van der Waals surface area contributed by atoms with Gasteiger partial charge in [-0.15, -0.1) is 0 Å². The minimum absolute atomic E-state index is 0.00866. The molecule has 0 spiro atoms. The van der Waals surface area contributed by atoms with Crippen molar-refractivity contribution in [2.45, 2.75) is 20.0 Å². The Morgan fingerprint density at radius 2 is 1.86 bits per heavy atom. The van der Waals surface area contributed by atoms with Gasteiger partial charge in [-0.25, -0.2) is 4.79 Å². The number of fused-ring (bicyclic) bond motifs is 1. The molecule has 2 aromatic carbocycles. The summed E-state index contributed by atoms with van der Waals surface area (Å²) in [7, 11) is 0. The maximum Gasteiger partial charge on any atom is 0.326 e. The van der Waals surface area contributed by atoms with E-state index in [1.54, 1.807) is 0 Å². The van der Waals surface area contributed by atoms with Crippen molar-refractivity contribution in [3.63, 3.8) is 0 Å². The van der Waals surface area contributed by atoms with Gasteiger partial charge in [-0.05, 0) is 30.2 Å². The molecule has 0 bridgehead atoms. The molecule has 0 saturated carbocycles. The summed E-state index contributed by atoms with van der Waals surface area (Å²) in [4.78, 5) is 26.8. The molecule has 22 heavy (non-hydrogen) atoms. The summed E-state index contributed by atoms with van der Waals surface area (Å²) in [5.74, 6) is -0.185. The van der Waals surface area contributed by atoms with Gasteiger partial charge in [-0.2, -0.15) is 0 Å². The van der Waals surface area contributed by atoms with E-state index in [4.69, 9.17) is 0 Å². The minimum atomic E-state index is -0.271. The third kappa shape index (κ3) is 2.79. The Balaban J connectivity index is 1.73. The molecule has 0 aliphatic rings. The molecule has 112 valence electrons. The quantitative estimate of drug-likeness (QED) is 0.772. The van der Waals surface area contributed by atoms with Crippen LogP contribution in [0.1, 0.15) is 11.1 Å². The lowest BCUT2D eigenvalue weighted by Crippen LogP contribution is -2.31. The number of imidazole rings is 1. The molecule has 1 aromatic heterocycles. The number of amides is 1. The first-order chi connectivity index (χ1) is 10.6. The van der Waals surface area contributed by atoms with Crippen molar-refractivity contribution in [2.24, 2.45) is 0 Å². The highest BCUT2D eigenvalue weighted by Crippen LogP contribution is 2.09. The molecule has 0 aliphatic carbocycles. The first-order valence-electron chi connectivity index (χ1n) is 7.14. The van der Waals surface area contributed by atoms with E-state index in [-0.39, 0.29) is 18.1 Å². The number of hydrogen-bond acceptors (Lipinski definition) is 2. The number of para-hydroxylation sites is 2. The fourth-order valence-corrected chi connectivity index (χ4v) is 2.47. The van der Waals surface area contributed by atoms with E-state index in [0.717, 1.165) is 22.2 Å². The smallest absolute Gasteiger partial charge is 0.326 e. The maximum atomic E-state index is 12.1. The Hall–Kier alpha value is -2.82. The molecular formula is C17H17N3O2. The summed E-state index contributed by atoms with van der Waals surface area (Å²) in [6.07, 6.45) is 0. The number of nitrogens with one attached hydrogen (secondary N) is 2. The predicted molar refractivity (Wildman–Crippen MR) is 85.6 cm³/mol. The van der Waals surface area contributed by atoms with E-state index in [1.807, 2.05) is 55.5 Å². The van der Waals surface area contributed by atoms with Crippen LogP contribution in [0.5, 0.6) is 0 Å². The highest BCUT2D eigenvalue weighted by molar-refractivity contribution is 5.80. The normalized spacial score (nSPS) is 10.8. The number of H-pyrrole nitrogens is 1. The number of aryl methyl sites for hydroxylation is 1. The number of nitrogens with zero attached hydrogens (tertiary/aromatic N) is 1. The van der Waals surface area contributed by atoms with Crippen LogP contribution in [0.3, 0.4) is 0 Å². The molecule has 0 fully saturated rings. The fraction of sp³-hybridized carbons (Fsp3) is 0.176. The second-order valence-electron chi connectivity index (χ2n) is 5.24. The summed E-state index contributed by atoms with van der Waals surface area (Å²) in [6.45, 7) is 2.48. The highest BCUT2D eigenvalue weighted by atomic mass is 16.2. The van der Waals surface area contributed by atoms with Gasteiger partial charge in [0, 0.05) is 6.54 Å². The van der Waals surface area contributed by atoms with Crippen molar-refractivity contribution in [3.8, 4) is 0 Å². The number of hydrogen-bond donors (Lipinski definition) is 2. The third-order valence-corrected chi connectivity index (χ3v) is 3.72. The van der Waals surface area contributed by atoms with Crippen LogP contribution in [-0.4, -0.2) is 15.5 Å². The Labute approximate surface area is 127 Å². The van der Waals surface area contributed by atoms with Crippen LogP contribution in [0, 0.1) is 6.92 Å². The van der Waals surface area contributed by atoms with Gasteiger partial charge in [0.05, 0.1) is 11.0 Å². The molecule has 2 N–H and O–H groups in total. The van der Waals surface area contributed by atoms with Gasteiger partial charge in [0.15, 0.2) is 0 Å². The molecule has 0 atom stereocenters. The van der Waals surface area contributed by atoms with E-state index in [9.17, 15) is 9.59 Å². The number of aromatic amines is 1. The lowest BCUT2D eigenvalue weighted by molar-refractivity contribution is -0.121. The van der Waals surface area contributed by atoms with Crippen LogP contribution < -0.4 is 11.0 Å². The predicted octanol–water partition coefficient (Wildman–Crippen LogP) is 1.95. The zero-order valence-electron chi connectivity index (χ0n) is 12.3. The molecule has 0 aliphatic heterocycles. The van der Waals surface area contributed by atoms with Crippen LogP contribution in [0.2, 0.25) is 0 Å². The summed E-state index contributed by atoms with van der Waals surface area (Å²) < 4.78 is 1.45. The summed E-state index contributed by atoms with van der Waals surface area (Å²) >= 11 is 0. The van der Waals surface area contributed by atoms with Crippen molar-refractivity contribution in [1.82, 2.24) is 14.9 Å². The molecular weight excluding hydrogens is 278 g/mol. The number of benzene rings is 2. The Bertz CT molecular complexity index is 877. The summed E-state index contributed by atoms with van der Waals surface area (Å²) in [6, 6.07) is 15.2. The molecule has 3 rings (SSSR count). The van der Waals surface area contributed by atoms with Gasteiger partial charge in [0.2, 0.25) is 5.91 Å². The molecule has 3 aromatic rings. The van der Waals surface area contributed by atoms with Gasteiger partial charge in [0.25, 0.3) is 0 Å². The first kappa shape index (κ1) is 14.1. The van der Waals surface area contributed by atoms with Crippen molar-refractivity contribution in [2.75, 3.05) is 0 Å². The van der Waals surface area contributed by atoms with Crippen LogP contribution >= 0.6 is 0 Å². The highest BCUT2D eigenvalue weighted by Gasteiger charge is 2.10. The van der Waals surface area contributed by atoms with E-state index >= 15 is 0 Å². The van der Waals surface area contributed by atoms with Gasteiger partial charge < -0.3 is 10.3 Å². The van der Waals surface area contributed by atoms with Crippen LogP contribution in [0.25, 0.3) is 11.0 Å². The van der Waals surface area contributed by atoms with Crippen molar-refractivity contribution >= 4 is 16.9 Å². The van der Waals surface area contributed by atoms with Gasteiger partial charge >= 0.3 is 5.69 Å². The van der Waals surface area contributed by atoms with Crippen LogP contribution in [0.4, 0.5) is 0 Å². The monoisotopic (exact) mass is 295 g/mol. The average molecular weight is 295 g/mol. The van der Waals surface area contributed by atoms with E-state index in [2.05, 4.69) is 10.3 Å². The summed E-state index contributed by atoms with van der Waals surface area (Å²) in [5, 5.41) is 2.86. The van der Waals surface area contributed by atoms with Crippen molar-refractivity contribution in [3.05, 3.63) is 70.1 Å². The van der Waals surface area contributed by atoms with Crippen LogP contribution in [-0.2, 0) is 17.9 Å². The Morgan fingerprint density at radius 1 is 1.14 bits per heavy atom. The zero-order chi connectivity index (χ0) is 15.5. The molecule has 0 saturated heterocycles. The molecule has 5 heteroatoms. The van der Waals surface area contributed by atoms with Gasteiger partial charge in [-0.1, -0.05) is 36.4 Å². The number of rotatable bonds is 4. The lowest BCUT2D eigenvalue weighted by atomic mass is 10.1. The Kier molecular flexibility index (Phi) is 3.78. The maximum absolute atomic E-state index is 12.1. The second-order valence-corrected chi connectivity index (χ2v) is 5.24. The number of aromatic nitrogens is 2. The largest absolute Gasteiger partial charge is 0.350 e. The topological polar surface area (TPSA) is 66.9 Å². The van der Waals surface area contributed by atoms with Crippen molar-refractivity contribution in [1.29, 1.82) is 0 Å². The second kappa shape index (κ2) is 5.89. The van der Waals surface area contributed by atoms with Crippen molar-refractivity contribution < 1.29 is 4.79 Å². The first-order valence-corrected chi connectivity index (χ1v) is 7.14. The molecule has 1 heterocycles. The third-order valence-electron chi connectivity index (χ3n) is 3.72. The van der Waals surface area contributed by atoms with Gasteiger partial charge in [-0.3, -0.25) is 9.36 Å². The zero-order valence-corrected chi connectivity index (χ0v) is 12.3. The molecule has 5 nitrogen and oxygen atoms in total. The van der Waals surface area contributed by atoms with E-state index in [1.165, 1.54) is 4.57 Å². The standard InChI is InChI=1S/C17H17N3O2/c1-12-6-2-3-7-13(12)10-18-16(21)11-20-15-9-5-4-8-14(15)19-17(20)22/h2-9H,10-11H2,1H3,(H,18,21)(H,19,22). The van der Waals surface area contributed by atoms with E-state index < -0.39 is 0 Å². The SMILES string of the molecule is Cc1ccccc1CNC(=O)Cn1c(=O)[nH]c2ccccc21. The lowest BCUT2D eigenvalue weighted by Gasteiger charge is -2.08. The Morgan fingerprint density at radius 3 is 2.68 bits per heavy atom. The minimum Gasteiger partial charge on any atom is -0.350 e. The average Bonchev–Trinajstić information content (AvgIpc) is 2.83.